The van der Waals surface area contributed by atoms with E-state index in [-0.39, 0.29) is 11.2 Å². The number of carbonyl (C=O) groups excluding carboxylic acids is 1. The van der Waals surface area contributed by atoms with E-state index in [1.807, 2.05) is 30.6 Å². The quantitative estimate of drug-likeness (QED) is 0.815. The number of nitrogens with zero attached hydrogens (tertiary/aromatic N) is 4. The summed E-state index contributed by atoms with van der Waals surface area (Å²) in [4.78, 5) is 26.3. The molecule has 0 unspecified atom stereocenters. The van der Waals surface area contributed by atoms with Gasteiger partial charge in [0.1, 0.15) is 5.78 Å². The van der Waals surface area contributed by atoms with Crippen LogP contribution >= 0.6 is 0 Å². The van der Waals surface area contributed by atoms with Gasteiger partial charge >= 0.3 is 0 Å². The first kappa shape index (κ1) is 18.1. The summed E-state index contributed by atoms with van der Waals surface area (Å²) in [6.07, 6.45) is 8.14. The van der Waals surface area contributed by atoms with E-state index in [2.05, 4.69) is 31.9 Å². The molecule has 2 saturated heterocycles. The van der Waals surface area contributed by atoms with Gasteiger partial charge < -0.3 is 4.90 Å². The number of aromatic nitrogens is 2. The Morgan fingerprint density at radius 1 is 1.00 bits per heavy atom. The van der Waals surface area contributed by atoms with Crippen molar-refractivity contribution in [3.63, 3.8) is 0 Å². The van der Waals surface area contributed by atoms with Crippen molar-refractivity contribution in [1.29, 1.82) is 0 Å². The molecule has 0 spiro atoms. The SMILES string of the molecule is CC(=O)C1(c2ccccc2)CCN(Cc2cnc(N3CCCC3)nc2)CC1. The predicted molar refractivity (Wildman–Crippen MR) is 107 cm³/mol. The summed E-state index contributed by atoms with van der Waals surface area (Å²) in [5, 5.41) is 0. The largest absolute Gasteiger partial charge is 0.341 e. The van der Waals surface area contributed by atoms with Crippen LogP contribution in [0, 0.1) is 0 Å². The molecule has 4 rings (SSSR count). The smallest absolute Gasteiger partial charge is 0.225 e. The molecule has 3 heterocycles. The summed E-state index contributed by atoms with van der Waals surface area (Å²) >= 11 is 0. The van der Waals surface area contributed by atoms with Gasteiger partial charge in [0.25, 0.3) is 0 Å². The molecule has 2 aliphatic heterocycles. The summed E-state index contributed by atoms with van der Waals surface area (Å²) in [6, 6.07) is 10.3. The molecule has 5 nitrogen and oxygen atoms in total. The molecule has 0 amide bonds. The number of Topliss-reactive ketones (excluding diaryl/α,β-unsaturated/α-hetero) is 1. The number of rotatable bonds is 5. The topological polar surface area (TPSA) is 49.3 Å². The molecule has 2 aromatic rings. The Balaban J connectivity index is 1.39. The Morgan fingerprint density at radius 3 is 2.22 bits per heavy atom. The predicted octanol–water partition coefficient (Wildman–Crippen LogP) is 3.20. The van der Waals surface area contributed by atoms with Gasteiger partial charge in [0.2, 0.25) is 5.95 Å². The van der Waals surface area contributed by atoms with E-state index in [1.54, 1.807) is 6.92 Å². The van der Waals surface area contributed by atoms with Crippen molar-refractivity contribution in [2.75, 3.05) is 31.1 Å². The summed E-state index contributed by atoms with van der Waals surface area (Å²) in [5.41, 5.74) is 1.98. The van der Waals surface area contributed by atoms with Crippen LogP contribution in [0.15, 0.2) is 42.7 Å². The minimum absolute atomic E-state index is 0.284. The molecule has 142 valence electrons. The highest BCUT2D eigenvalue weighted by atomic mass is 16.1. The zero-order chi connectivity index (χ0) is 18.7. The molecular formula is C22H28N4O. The molecule has 0 N–H and O–H groups in total. The monoisotopic (exact) mass is 364 g/mol. The number of piperidine rings is 1. The first-order chi connectivity index (χ1) is 13.2. The zero-order valence-electron chi connectivity index (χ0n) is 16.1. The maximum Gasteiger partial charge on any atom is 0.225 e. The Hall–Kier alpha value is -2.27. The fourth-order valence-electron chi connectivity index (χ4n) is 4.46. The highest BCUT2D eigenvalue weighted by Gasteiger charge is 2.40. The van der Waals surface area contributed by atoms with Gasteiger partial charge in [-0.2, -0.15) is 0 Å². The number of carbonyl (C=O) groups is 1. The highest BCUT2D eigenvalue weighted by molar-refractivity contribution is 5.88. The Labute approximate surface area is 161 Å². The van der Waals surface area contributed by atoms with Crippen molar-refractivity contribution in [3.05, 3.63) is 53.9 Å². The second-order valence-electron chi connectivity index (χ2n) is 7.87. The number of hydrogen-bond donors (Lipinski definition) is 0. The van der Waals surface area contributed by atoms with Crippen LogP contribution in [0.4, 0.5) is 5.95 Å². The van der Waals surface area contributed by atoms with E-state index in [4.69, 9.17) is 0 Å². The Kier molecular flexibility index (Phi) is 5.21. The van der Waals surface area contributed by atoms with Gasteiger partial charge in [-0.05, 0) is 51.3 Å². The van der Waals surface area contributed by atoms with E-state index in [0.717, 1.165) is 62.6 Å². The lowest BCUT2D eigenvalue weighted by molar-refractivity contribution is -0.124. The van der Waals surface area contributed by atoms with E-state index < -0.39 is 0 Å². The third-order valence-corrected chi connectivity index (χ3v) is 6.20. The standard InChI is InChI=1S/C22H28N4O/c1-18(27)22(20-7-3-2-4-8-20)9-13-25(14-10-22)17-19-15-23-21(24-16-19)26-11-5-6-12-26/h2-4,7-8,15-16H,5-6,9-14,17H2,1H3. The first-order valence-electron chi connectivity index (χ1n) is 10.0. The van der Waals surface area contributed by atoms with Crippen LogP contribution in [0.1, 0.15) is 43.7 Å². The van der Waals surface area contributed by atoms with Crippen LogP contribution in [0.25, 0.3) is 0 Å². The van der Waals surface area contributed by atoms with Crippen molar-refractivity contribution in [1.82, 2.24) is 14.9 Å². The second kappa shape index (κ2) is 7.77. The average molecular weight is 364 g/mol. The molecule has 0 aliphatic carbocycles. The minimum atomic E-state index is -0.326. The fraction of sp³-hybridized carbons (Fsp3) is 0.500. The van der Waals surface area contributed by atoms with Crippen LogP contribution in [0.3, 0.4) is 0 Å². The molecule has 27 heavy (non-hydrogen) atoms. The molecule has 2 aliphatic rings. The van der Waals surface area contributed by atoms with Crippen molar-refractivity contribution >= 4 is 11.7 Å². The fourth-order valence-corrected chi connectivity index (χ4v) is 4.46. The molecule has 2 fully saturated rings. The highest BCUT2D eigenvalue weighted by Crippen LogP contribution is 2.36. The van der Waals surface area contributed by atoms with Crippen LogP contribution in [0.2, 0.25) is 0 Å². The number of benzene rings is 1. The molecule has 5 heteroatoms. The lowest BCUT2D eigenvalue weighted by Crippen LogP contribution is -2.46. The molecule has 0 radical (unpaired) electrons. The maximum absolute atomic E-state index is 12.5. The van der Waals surface area contributed by atoms with Crippen LogP contribution in [-0.2, 0) is 16.8 Å². The molecule has 1 aromatic carbocycles. The molecule has 0 saturated carbocycles. The van der Waals surface area contributed by atoms with Crippen molar-refractivity contribution in [2.24, 2.45) is 0 Å². The number of likely N-dealkylation sites (tertiary alicyclic amines) is 1. The average Bonchev–Trinajstić information content (AvgIpc) is 3.25. The van der Waals surface area contributed by atoms with Gasteiger partial charge in [-0.3, -0.25) is 9.69 Å². The van der Waals surface area contributed by atoms with Gasteiger partial charge in [0.05, 0.1) is 5.41 Å². The molecule has 1 aromatic heterocycles. The first-order valence-corrected chi connectivity index (χ1v) is 10.0. The maximum atomic E-state index is 12.5. The van der Waals surface area contributed by atoms with E-state index in [9.17, 15) is 4.79 Å². The molecular weight excluding hydrogens is 336 g/mol. The summed E-state index contributed by atoms with van der Waals surface area (Å²) in [6.45, 7) is 6.57. The molecule has 0 bridgehead atoms. The number of anilines is 1. The lowest BCUT2D eigenvalue weighted by Gasteiger charge is -2.40. The third kappa shape index (κ3) is 3.74. The van der Waals surface area contributed by atoms with Gasteiger partial charge in [-0.25, -0.2) is 9.97 Å². The lowest BCUT2D eigenvalue weighted by atomic mass is 9.70. The minimum Gasteiger partial charge on any atom is -0.341 e. The van der Waals surface area contributed by atoms with Crippen LogP contribution in [-0.4, -0.2) is 46.8 Å². The number of hydrogen-bond acceptors (Lipinski definition) is 5. The van der Waals surface area contributed by atoms with Gasteiger partial charge in [-0.15, -0.1) is 0 Å². The number of ketones is 1. The Bertz CT molecular complexity index is 761. The van der Waals surface area contributed by atoms with E-state index in [1.165, 1.54) is 12.8 Å². The zero-order valence-corrected chi connectivity index (χ0v) is 16.1. The van der Waals surface area contributed by atoms with Crippen molar-refractivity contribution < 1.29 is 4.79 Å². The van der Waals surface area contributed by atoms with Crippen molar-refractivity contribution in [2.45, 2.75) is 44.6 Å². The third-order valence-electron chi connectivity index (χ3n) is 6.20. The molecule has 0 atom stereocenters. The second-order valence-corrected chi connectivity index (χ2v) is 7.87. The van der Waals surface area contributed by atoms with Gasteiger partial charge in [0.15, 0.2) is 0 Å². The van der Waals surface area contributed by atoms with Crippen molar-refractivity contribution in [3.8, 4) is 0 Å². The van der Waals surface area contributed by atoms with Gasteiger partial charge in [-0.1, -0.05) is 30.3 Å². The summed E-state index contributed by atoms with van der Waals surface area (Å²) in [5.74, 6) is 1.14. The van der Waals surface area contributed by atoms with Gasteiger partial charge in [0, 0.05) is 37.6 Å². The van der Waals surface area contributed by atoms with E-state index >= 15 is 0 Å². The Morgan fingerprint density at radius 2 is 1.63 bits per heavy atom. The van der Waals surface area contributed by atoms with E-state index in [0.29, 0.717) is 0 Å². The summed E-state index contributed by atoms with van der Waals surface area (Å²) < 4.78 is 0. The van der Waals surface area contributed by atoms with Crippen LogP contribution < -0.4 is 4.90 Å². The summed E-state index contributed by atoms with van der Waals surface area (Å²) in [7, 11) is 0. The van der Waals surface area contributed by atoms with Crippen LogP contribution in [0.5, 0.6) is 0 Å². The normalized spacial score (nSPS) is 20.0.